The summed E-state index contributed by atoms with van der Waals surface area (Å²) in [6.07, 6.45) is 0. The van der Waals surface area contributed by atoms with Crippen molar-refractivity contribution >= 4 is 15.9 Å². The first-order valence-electron chi connectivity index (χ1n) is 10.1. The van der Waals surface area contributed by atoms with Crippen LogP contribution in [-0.4, -0.2) is 62.8 Å². The van der Waals surface area contributed by atoms with Gasteiger partial charge in [0.25, 0.3) is 5.91 Å². The highest BCUT2D eigenvalue weighted by Gasteiger charge is 2.30. The van der Waals surface area contributed by atoms with Gasteiger partial charge < -0.3 is 9.80 Å². The zero-order valence-electron chi connectivity index (χ0n) is 17.0. The molecule has 3 rings (SSSR count). The molecule has 1 saturated heterocycles. The van der Waals surface area contributed by atoms with Gasteiger partial charge in [-0.2, -0.15) is 4.31 Å². The minimum Gasteiger partial charge on any atom is -0.335 e. The second kappa shape index (κ2) is 10.0. The number of nitrogens with one attached hydrogen (secondary N) is 1. The predicted octanol–water partition coefficient (Wildman–Crippen LogP) is 0.766. The molecule has 1 aliphatic rings. The molecule has 1 atom stereocenters. The van der Waals surface area contributed by atoms with Crippen molar-refractivity contribution in [1.82, 2.24) is 9.21 Å². The van der Waals surface area contributed by atoms with Crippen molar-refractivity contribution in [2.45, 2.75) is 19.2 Å². The highest BCUT2D eigenvalue weighted by Crippen LogP contribution is 2.13. The van der Waals surface area contributed by atoms with Gasteiger partial charge in [0.15, 0.2) is 6.54 Å². The topological polar surface area (TPSA) is 62.1 Å². The van der Waals surface area contributed by atoms with Crippen LogP contribution in [0.2, 0.25) is 0 Å². The number of carbonyl (C=O) groups is 1. The number of likely N-dealkylation sites (N-methyl/N-ethyl adjacent to an activating group) is 1. The Morgan fingerprint density at radius 1 is 0.897 bits per heavy atom. The van der Waals surface area contributed by atoms with Gasteiger partial charge in [0.05, 0.1) is 12.3 Å². The molecule has 2 aromatic rings. The van der Waals surface area contributed by atoms with Crippen molar-refractivity contribution in [3.63, 3.8) is 0 Å². The number of benzene rings is 2. The van der Waals surface area contributed by atoms with E-state index in [-0.39, 0.29) is 11.7 Å². The number of sulfonamides is 1. The molecule has 1 fully saturated rings. The van der Waals surface area contributed by atoms with E-state index in [9.17, 15) is 13.2 Å². The van der Waals surface area contributed by atoms with E-state index >= 15 is 0 Å². The highest BCUT2D eigenvalue weighted by molar-refractivity contribution is 7.88. The zero-order chi connectivity index (χ0) is 20.7. The van der Waals surface area contributed by atoms with E-state index in [1.165, 1.54) is 14.8 Å². The Labute approximate surface area is 173 Å². The number of carbonyl (C=O) groups excluding carboxylic acids is 1. The van der Waals surface area contributed by atoms with Crippen molar-refractivity contribution in [3.05, 3.63) is 71.8 Å². The number of nitrogens with zero attached hydrogens (tertiary/aromatic N) is 2. The molecule has 6 nitrogen and oxygen atoms in total. The molecule has 0 aliphatic carbocycles. The van der Waals surface area contributed by atoms with Crippen LogP contribution in [0.15, 0.2) is 60.7 Å². The van der Waals surface area contributed by atoms with E-state index in [1.807, 2.05) is 48.5 Å². The smallest absolute Gasteiger partial charge is 0.277 e. The van der Waals surface area contributed by atoms with Crippen LogP contribution in [0.4, 0.5) is 0 Å². The first-order valence-corrected chi connectivity index (χ1v) is 11.8. The Balaban J connectivity index is 1.51. The molecule has 0 bridgehead atoms. The van der Waals surface area contributed by atoms with E-state index < -0.39 is 10.0 Å². The number of quaternary nitrogens is 1. The lowest BCUT2D eigenvalue weighted by Crippen LogP contribution is -3.11. The third-order valence-electron chi connectivity index (χ3n) is 5.37. The van der Waals surface area contributed by atoms with Crippen LogP contribution in [0.1, 0.15) is 18.1 Å². The molecule has 1 N–H and O–H groups in total. The van der Waals surface area contributed by atoms with Gasteiger partial charge in [-0.05, 0) is 12.5 Å². The van der Waals surface area contributed by atoms with Crippen molar-refractivity contribution in [3.8, 4) is 0 Å². The van der Waals surface area contributed by atoms with Crippen LogP contribution in [-0.2, 0) is 27.1 Å². The zero-order valence-corrected chi connectivity index (χ0v) is 17.8. The molecule has 2 aromatic carbocycles. The molecule has 0 spiro atoms. The summed E-state index contributed by atoms with van der Waals surface area (Å²) in [7, 11) is -3.36. The number of hydrogen-bond acceptors (Lipinski definition) is 3. The Hall–Kier alpha value is -2.22. The van der Waals surface area contributed by atoms with Crippen LogP contribution in [0.5, 0.6) is 0 Å². The summed E-state index contributed by atoms with van der Waals surface area (Å²) in [6, 6.07) is 19.4. The molecular formula is C22H30N3O3S+. The van der Waals surface area contributed by atoms with E-state index in [0.29, 0.717) is 32.7 Å². The highest BCUT2D eigenvalue weighted by atomic mass is 32.2. The maximum atomic E-state index is 12.7. The molecule has 29 heavy (non-hydrogen) atoms. The Kier molecular flexibility index (Phi) is 7.41. The van der Waals surface area contributed by atoms with Crippen molar-refractivity contribution in [2.24, 2.45) is 0 Å². The quantitative estimate of drug-likeness (QED) is 0.691. The second-order valence-corrected chi connectivity index (χ2v) is 9.43. The SMILES string of the molecule is CC[NH+](CC(=O)N1CCN(S(=O)(=O)Cc2ccccc2)CC1)Cc1ccccc1. The summed E-state index contributed by atoms with van der Waals surface area (Å²) in [5.41, 5.74) is 2.00. The maximum Gasteiger partial charge on any atom is 0.277 e. The minimum absolute atomic E-state index is 0.00657. The molecule has 156 valence electrons. The lowest BCUT2D eigenvalue weighted by molar-refractivity contribution is -0.904. The fourth-order valence-corrected chi connectivity index (χ4v) is 5.13. The summed E-state index contributed by atoms with van der Waals surface area (Å²) >= 11 is 0. The number of piperazine rings is 1. The summed E-state index contributed by atoms with van der Waals surface area (Å²) in [6.45, 7) is 5.83. The lowest BCUT2D eigenvalue weighted by Gasteiger charge is -2.34. The lowest BCUT2D eigenvalue weighted by atomic mass is 10.2. The van der Waals surface area contributed by atoms with Gasteiger partial charge in [0.2, 0.25) is 10.0 Å². The number of hydrogen-bond donors (Lipinski definition) is 1. The number of amides is 1. The summed E-state index contributed by atoms with van der Waals surface area (Å²) in [5, 5.41) is 0. The third-order valence-corrected chi connectivity index (χ3v) is 7.22. The maximum absolute atomic E-state index is 12.7. The van der Waals surface area contributed by atoms with Gasteiger partial charge in [-0.15, -0.1) is 0 Å². The second-order valence-electron chi connectivity index (χ2n) is 7.46. The van der Waals surface area contributed by atoms with Crippen LogP contribution in [0, 0.1) is 0 Å². The molecule has 0 saturated carbocycles. The van der Waals surface area contributed by atoms with Crippen molar-refractivity contribution < 1.29 is 18.1 Å². The summed E-state index contributed by atoms with van der Waals surface area (Å²) in [4.78, 5) is 15.8. The molecule has 1 heterocycles. The Morgan fingerprint density at radius 2 is 1.45 bits per heavy atom. The van der Waals surface area contributed by atoms with Gasteiger partial charge >= 0.3 is 0 Å². The van der Waals surface area contributed by atoms with Gasteiger partial charge in [-0.25, -0.2) is 8.42 Å². The van der Waals surface area contributed by atoms with Gasteiger partial charge in [0, 0.05) is 31.7 Å². The summed E-state index contributed by atoms with van der Waals surface area (Å²) < 4.78 is 26.9. The van der Waals surface area contributed by atoms with E-state index in [4.69, 9.17) is 0 Å². The fraction of sp³-hybridized carbons (Fsp3) is 0.409. The molecule has 1 amide bonds. The first-order chi connectivity index (χ1) is 14.0. The van der Waals surface area contributed by atoms with E-state index in [0.717, 1.165) is 18.7 Å². The molecular weight excluding hydrogens is 386 g/mol. The minimum atomic E-state index is -3.36. The van der Waals surface area contributed by atoms with Crippen molar-refractivity contribution in [2.75, 3.05) is 39.3 Å². The van der Waals surface area contributed by atoms with Crippen LogP contribution < -0.4 is 4.90 Å². The van der Waals surface area contributed by atoms with Crippen LogP contribution in [0.3, 0.4) is 0 Å². The first kappa shape index (κ1) is 21.5. The van der Waals surface area contributed by atoms with Gasteiger partial charge in [0.1, 0.15) is 6.54 Å². The molecule has 1 aliphatic heterocycles. The van der Waals surface area contributed by atoms with E-state index in [1.54, 1.807) is 4.90 Å². The van der Waals surface area contributed by atoms with Gasteiger partial charge in [-0.3, -0.25) is 4.79 Å². The predicted molar refractivity (Wildman–Crippen MR) is 114 cm³/mol. The van der Waals surface area contributed by atoms with Crippen LogP contribution in [0.25, 0.3) is 0 Å². The van der Waals surface area contributed by atoms with Gasteiger partial charge in [-0.1, -0.05) is 60.7 Å². The fourth-order valence-electron chi connectivity index (χ4n) is 3.61. The monoisotopic (exact) mass is 416 g/mol. The molecule has 7 heteroatoms. The Bertz CT molecular complexity index is 880. The normalized spacial score (nSPS) is 16.5. The van der Waals surface area contributed by atoms with Crippen LogP contribution >= 0.6 is 0 Å². The average Bonchev–Trinajstić information content (AvgIpc) is 2.74. The standard InChI is InChI=1S/C22H29N3O3S/c1-2-23(17-20-9-5-3-6-10-20)18-22(26)24-13-15-25(16-14-24)29(27,28)19-21-11-7-4-8-12-21/h3-12H,2,13-19H2,1H3/p+1. The Morgan fingerprint density at radius 3 is 2.00 bits per heavy atom. The third kappa shape index (κ3) is 6.13. The number of rotatable bonds is 8. The average molecular weight is 417 g/mol. The summed E-state index contributed by atoms with van der Waals surface area (Å²) in [5.74, 6) is 0.102. The molecule has 1 unspecified atom stereocenters. The largest absolute Gasteiger partial charge is 0.335 e. The van der Waals surface area contributed by atoms with E-state index in [2.05, 4.69) is 19.1 Å². The molecule has 0 radical (unpaired) electrons. The van der Waals surface area contributed by atoms with Crippen molar-refractivity contribution in [1.29, 1.82) is 0 Å². The molecule has 0 aromatic heterocycles.